The molecule has 1 fully saturated rings. The van der Waals surface area contributed by atoms with Gasteiger partial charge in [-0.2, -0.15) is 0 Å². The second kappa shape index (κ2) is 10.2. The summed E-state index contributed by atoms with van der Waals surface area (Å²) in [5.74, 6) is -0.188. The van der Waals surface area contributed by atoms with Gasteiger partial charge in [-0.1, -0.05) is 43.2 Å². The molecule has 0 aromatic heterocycles. The zero-order valence-corrected chi connectivity index (χ0v) is 16.9. The quantitative estimate of drug-likeness (QED) is 0.680. The van der Waals surface area contributed by atoms with Crippen molar-refractivity contribution in [3.63, 3.8) is 0 Å². The van der Waals surface area contributed by atoms with Gasteiger partial charge in [-0.3, -0.25) is 9.59 Å². The molecule has 1 aliphatic carbocycles. The molecular formula is C22H28ClN3O2. The Hall–Kier alpha value is -2.37. The first kappa shape index (κ1) is 21.9. The highest BCUT2D eigenvalue weighted by Crippen LogP contribution is 2.21. The SMILES string of the molecule is Cc1cc(C(=O)NC2CCCC2)ccc1NC(=O)CC(N)c1ccccc1.Cl. The Balaban J connectivity index is 0.00000280. The summed E-state index contributed by atoms with van der Waals surface area (Å²) in [5, 5.41) is 5.98. The number of amides is 2. The maximum atomic E-state index is 12.4. The monoisotopic (exact) mass is 401 g/mol. The van der Waals surface area contributed by atoms with Gasteiger partial charge in [0.2, 0.25) is 5.91 Å². The van der Waals surface area contributed by atoms with Gasteiger partial charge in [-0.25, -0.2) is 0 Å². The molecule has 2 amide bonds. The molecule has 0 spiro atoms. The minimum absolute atomic E-state index is 0. The summed E-state index contributed by atoms with van der Waals surface area (Å²) >= 11 is 0. The Morgan fingerprint density at radius 2 is 1.79 bits per heavy atom. The van der Waals surface area contributed by atoms with E-state index in [-0.39, 0.29) is 42.7 Å². The van der Waals surface area contributed by atoms with Crippen LogP contribution in [0, 0.1) is 6.92 Å². The number of hydrogen-bond acceptors (Lipinski definition) is 3. The molecule has 6 heteroatoms. The van der Waals surface area contributed by atoms with Crippen molar-refractivity contribution in [3.05, 3.63) is 65.2 Å². The van der Waals surface area contributed by atoms with Crippen molar-refractivity contribution in [2.75, 3.05) is 5.32 Å². The van der Waals surface area contributed by atoms with Crippen molar-refractivity contribution in [3.8, 4) is 0 Å². The van der Waals surface area contributed by atoms with E-state index >= 15 is 0 Å². The molecule has 0 heterocycles. The molecule has 0 saturated heterocycles. The number of rotatable bonds is 6. The minimum Gasteiger partial charge on any atom is -0.349 e. The summed E-state index contributed by atoms with van der Waals surface area (Å²) in [4.78, 5) is 24.7. The van der Waals surface area contributed by atoms with Crippen LogP contribution in [0.3, 0.4) is 0 Å². The first-order valence-electron chi connectivity index (χ1n) is 9.55. The highest BCUT2D eigenvalue weighted by atomic mass is 35.5. The average molecular weight is 402 g/mol. The van der Waals surface area contributed by atoms with E-state index in [1.807, 2.05) is 43.3 Å². The van der Waals surface area contributed by atoms with E-state index in [9.17, 15) is 9.59 Å². The Morgan fingerprint density at radius 3 is 2.43 bits per heavy atom. The molecule has 2 aromatic carbocycles. The van der Waals surface area contributed by atoms with Gasteiger partial charge in [-0.05, 0) is 49.1 Å². The van der Waals surface area contributed by atoms with Crippen LogP contribution in [0.5, 0.6) is 0 Å². The number of anilines is 1. The van der Waals surface area contributed by atoms with Gasteiger partial charge in [0.15, 0.2) is 0 Å². The van der Waals surface area contributed by atoms with Gasteiger partial charge in [0.25, 0.3) is 5.91 Å². The van der Waals surface area contributed by atoms with E-state index in [4.69, 9.17) is 5.73 Å². The van der Waals surface area contributed by atoms with Gasteiger partial charge >= 0.3 is 0 Å². The van der Waals surface area contributed by atoms with Crippen molar-refractivity contribution in [1.29, 1.82) is 0 Å². The fourth-order valence-electron chi connectivity index (χ4n) is 3.50. The molecule has 1 atom stereocenters. The van der Waals surface area contributed by atoms with E-state index in [0.29, 0.717) is 11.3 Å². The minimum atomic E-state index is -0.344. The van der Waals surface area contributed by atoms with Gasteiger partial charge in [0.05, 0.1) is 0 Å². The zero-order chi connectivity index (χ0) is 19.2. The Labute approximate surface area is 172 Å². The first-order chi connectivity index (χ1) is 13.0. The predicted molar refractivity (Wildman–Crippen MR) is 115 cm³/mol. The molecular weight excluding hydrogens is 374 g/mol. The first-order valence-corrected chi connectivity index (χ1v) is 9.55. The van der Waals surface area contributed by atoms with Crippen molar-refractivity contribution in [2.45, 2.75) is 51.1 Å². The lowest BCUT2D eigenvalue weighted by atomic mass is 10.0. The third-order valence-electron chi connectivity index (χ3n) is 5.09. The molecule has 1 aliphatic rings. The number of carbonyl (C=O) groups excluding carboxylic acids is 2. The fourth-order valence-corrected chi connectivity index (χ4v) is 3.50. The maximum Gasteiger partial charge on any atom is 0.251 e. The molecule has 0 bridgehead atoms. The van der Waals surface area contributed by atoms with Crippen LogP contribution in [0.15, 0.2) is 48.5 Å². The van der Waals surface area contributed by atoms with Crippen molar-refractivity contribution >= 4 is 29.9 Å². The lowest BCUT2D eigenvalue weighted by molar-refractivity contribution is -0.116. The van der Waals surface area contributed by atoms with Crippen molar-refractivity contribution < 1.29 is 9.59 Å². The lowest BCUT2D eigenvalue weighted by Gasteiger charge is -2.15. The number of hydrogen-bond donors (Lipinski definition) is 3. The number of nitrogens with one attached hydrogen (secondary N) is 2. The summed E-state index contributed by atoms with van der Waals surface area (Å²) in [5.41, 5.74) is 9.24. The molecule has 1 unspecified atom stereocenters. The summed E-state index contributed by atoms with van der Waals surface area (Å²) in [7, 11) is 0. The number of nitrogens with two attached hydrogens (primary N) is 1. The number of benzene rings is 2. The maximum absolute atomic E-state index is 12.4. The average Bonchev–Trinajstić information content (AvgIpc) is 3.17. The van der Waals surface area contributed by atoms with Crippen LogP contribution >= 0.6 is 12.4 Å². The summed E-state index contributed by atoms with van der Waals surface area (Å²) < 4.78 is 0. The molecule has 28 heavy (non-hydrogen) atoms. The lowest BCUT2D eigenvalue weighted by Crippen LogP contribution is -2.32. The standard InChI is InChI=1S/C22H27N3O2.ClH/c1-15-13-17(22(27)24-18-9-5-6-10-18)11-12-20(15)25-21(26)14-19(23)16-7-3-2-4-8-16;/h2-4,7-8,11-13,18-19H,5-6,9-10,14,23H2,1H3,(H,24,27)(H,25,26);1H. The molecule has 4 N–H and O–H groups in total. The topological polar surface area (TPSA) is 84.2 Å². The van der Waals surface area contributed by atoms with Gasteiger partial charge in [0.1, 0.15) is 0 Å². The van der Waals surface area contributed by atoms with E-state index in [1.165, 1.54) is 12.8 Å². The van der Waals surface area contributed by atoms with E-state index in [0.717, 1.165) is 24.0 Å². The summed E-state index contributed by atoms with van der Waals surface area (Å²) in [6, 6.07) is 14.9. The molecule has 2 aromatic rings. The van der Waals surface area contributed by atoms with Crippen LogP contribution in [0.4, 0.5) is 5.69 Å². The smallest absolute Gasteiger partial charge is 0.251 e. The third-order valence-corrected chi connectivity index (χ3v) is 5.09. The summed E-state index contributed by atoms with van der Waals surface area (Å²) in [6.45, 7) is 1.89. The van der Waals surface area contributed by atoms with E-state index in [1.54, 1.807) is 12.1 Å². The second-order valence-electron chi connectivity index (χ2n) is 7.25. The van der Waals surface area contributed by atoms with Crippen LogP contribution in [0.1, 0.15) is 59.6 Å². The largest absolute Gasteiger partial charge is 0.349 e. The molecule has 0 aliphatic heterocycles. The molecule has 5 nitrogen and oxygen atoms in total. The summed E-state index contributed by atoms with van der Waals surface area (Å²) in [6.07, 6.45) is 4.68. The van der Waals surface area contributed by atoms with Crippen molar-refractivity contribution in [1.82, 2.24) is 5.32 Å². The van der Waals surface area contributed by atoms with Crippen LogP contribution in [0.25, 0.3) is 0 Å². The Kier molecular flexibility index (Phi) is 8.03. The third kappa shape index (κ3) is 5.81. The molecule has 1 saturated carbocycles. The van der Waals surface area contributed by atoms with Gasteiger partial charge < -0.3 is 16.4 Å². The van der Waals surface area contributed by atoms with Crippen LogP contribution in [-0.2, 0) is 4.79 Å². The molecule has 150 valence electrons. The normalized spacial score (nSPS) is 14.8. The van der Waals surface area contributed by atoms with E-state index < -0.39 is 0 Å². The highest BCUT2D eigenvalue weighted by Gasteiger charge is 2.18. The second-order valence-corrected chi connectivity index (χ2v) is 7.25. The number of carbonyl (C=O) groups is 2. The fraction of sp³-hybridized carbons (Fsp3) is 0.364. The molecule has 0 radical (unpaired) electrons. The predicted octanol–water partition coefficient (Wildman–Crippen LogP) is 4.12. The van der Waals surface area contributed by atoms with Gasteiger partial charge in [-0.15, -0.1) is 12.4 Å². The van der Waals surface area contributed by atoms with Crippen LogP contribution in [-0.4, -0.2) is 17.9 Å². The Bertz CT molecular complexity index is 805. The van der Waals surface area contributed by atoms with Crippen LogP contribution < -0.4 is 16.4 Å². The van der Waals surface area contributed by atoms with Gasteiger partial charge in [0, 0.05) is 29.8 Å². The highest BCUT2D eigenvalue weighted by molar-refractivity contribution is 5.96. The van der Waals surface area contributed by atoms with Crippen LogP contribution in [0.2, 0.25) is 0 Å². The number of halogens is 1. The zero-order valence-electron chi connectivity index (χ0n) is 16.1. The van der Waals surface area contributed by atoms with E-state index in [2.05, 4.69) is 10.6 Å². The molecule has 3 rings (SSSR count). The van der Waals surface area contributed by atoms with Crippen molar-refractivity contribution in [2.24, 2.45) is 5.73 Å². The number of aryl methyl sites for hydroxylation is 1. The Morgan fingerprint density at radius 1 is 1.11 bits per heavy atom.